The molecule has 150 valence electrons. The van der Waals surface area contributed by atoms with Crippen LogP contribution < -0.4 is 9.62 Å². The van der Waals surface area contributed by atoms with Gasteiger partial charge in [0.1, 0.15) is 0 Å². The van der Waals surface area contributed by atoms with E-state index in [9.17, 15) is 13.2 Å². The highest BCUT2D eigenvalue weighted by Gasteiger charge is 2.22. The van der Waals surface area contributed by atoms with Crippen molar-refractivity contribution < 1.29 is 13.2 Å². The van der Waals surface area contributed by atoms with Gasteiger partial charge in [0.05, 0.1) is 10.6 Å². The van der Waals surface area contributed by atoms with Crippen molar-refractivity contribution in [3.63, 3.8) is 0 Å². The third kappa shape index (κ3) is 4.60. The maximum absolute atomic E-state index is 13.0. The Morgan fingerprint density at radius 3 is 2.38 bits per heavy atom. The first-order valence-corrected chi connectivity index (χ1v) is 10.7. The van der Waals surface area contributed by atoms with Gasteiger partial charge in [-0.15, -0.1) is 0 Å². The van der Waals surface area contributed by atoms with E-state index in [1.165, 1.54) is 19.2 Å². The minimum atomic E-state index is -3.86. The highest BCUT2D eigenvalue weighted by Crippen LogP contribution is 2.25. The average Bonchev–Trinajstić information content (AvgIpc) is 2.69. The summed E-state index contributed by atoms with van der Waals surface area (Å²) in [6.07, 6.45) is 0. The number of rotatable bonds is 5. The molecule has 0 unspecified atom stereocenters. The molecule has 3 aromatic carbocycles. The summed E-state index contributed by atoms with van der Waals surface area (Å²) in [5.74, 6) is -0.376. The van der Waals surface area contributed by atoms with E-state index in [0.29, 0.717) is 16.4 Å². The summed E-state index contributed by atoms with van der Waals surface area (Å²) in [5, 5.41) is 3.27. The molecule has 0 spiro atoms. The summed E-state index contributed by atoms with van der Waals surface area (Å²) in [6, 6.07) is 18.2. The fraction of sp³-hybridized carbons (Fsp3) is 0.136. The number of hydrogen-bond donors (Lipinski definition) is 1. The number of nitrogens with zero attached hydrogens (tertiary/aromatic N) is 1. The van der Waals surface area contributed by atoms with Gasteiger partial charge in [0.15, 0.2) is 0 Å². The predicted octanol–water partition coefficient (Wildman–Crippen LogP) is 5.03. The van der Waals surface area contributed by atoms with E-state index in [1.54, 1.807) is 36.4 Å². The molecule has 5 nitrogen and oxygen atoms in total. The number of benzene rings is 3. The summed E-state index contributed by atoms with van der Waals surface area (Å²) in [7, 11) is -2.41. The van der Waals surface area contributed by atoms with Gasteiger partial charge in [0, 0.05) is 23.3 Å². The van der Waals surface area contributed by atoms with Crippen LogP contribution in [0.15, 0.2) is 71.6 Å². The van der Waals surface area contributed by atoms with Crippen molar-refractivity contribution in [2.24, 2.45) is 0 Å². The molecule has 1 N–H and O–H groups in total. The first-order chi connectivity index (χ1) is 13.7. The van der Waals surface area contributed by atoms with Crippen LogP contribution in [0.1, 0.15) is 21.5 Å². The molecule has 7 heteroatoms. The van der Waals surface area contributed by atoms with Crippen LogP contribution >= 0.6 is 11.6 Å². The maximum Gasteiger partial charge on any atom is 0.264 e. The topological polar surface area (TPSA) is 66.5 Å². The normalized spacial score (nSPS) is 11.2. The second kappa shape index (κ2) is 8.27. The molecule has 0 aliphatic heterocycles. The third-order valence-electron chi connectivity index (χ3n) is 4.56. The monoisotopic (exact) mass is 428 g/mol. The lowest BCUT2D eigenvalue weighted by atomic mass is 10.1. The van der Waals surface area contributed by atoms with E-state index in [-0.39, 0.29) is 16.4 Å². The van der Waals surface area contributed by atoms with Crippen LogP contribution in [0.4, 0.5) is 11.4 Å². The summed E-state index contributed by atoms with van der Waals surface area (Å²) in [6.45, 7) is 3.88. The Labute approximate surface area is 176 Å². The number of nitrogens with one attached hydrogen (secondary N) is 1. The van der Waals surface area contributed by atoms with Crippen LogP contribution in [0.2, 0.25) is 5.02 Å². The lowest BCUT2D eigenvalue weighted by molar-refractivity contribution is 0.102. The van der Waals surface area contributed by atoms with E-state index < -0.39 is 10.0 Å². The zero-order valence-electron chi connectivity index (χ0n) is 16.3. The number of carbonyl (C=O) groups excluding carboxylic acids is 1. The minimum absolute atomic E-state index is 0.0215. The van der Waals surface area contributed by atoms with Crippen LogP contribution in [0.25, 0.3) is 0 Å². The molecule has 0 bridgehead atoms. The molecule has 0 fully saturated rings. The molecule has 1 amide bonds. The quantitative estimate of drug-likeness (QED) is 0.619. The highest BCUT2D eigenvalue weighted by atomic mass is 35.5. The number of hydrogen-bond acceptors (Lipinski definition) is 3. The molecular weight excluding hydrogens is 408 g/mol. The number of carbonyl (C=O) groups is 1. The molecule has 0 atom stereocenters. The lowest BCUT2D eigenvalue weighted by Crippen LogP contribution is -2.26. The molecule has 29 heavy (non-hydrogen) atoms. The Balaban J connectivity index is 1.89. The number of amides is 1. The van der Waals surface area contributed by atoms with Gasteiger partial charge >= 0.3 is 0 Å². The van der Waals surface area contributed by atoms with Crippen molar-refractivity contribution in [2.75, 3.05) is 16.7 Å². The average molecular weight is 429 g/mol. The Morgan fingerprint density at radius 2 is 1.69 bits per heavy atom. The van der Waals surface area contributed by atoms with Gasteiger partial charge in [0.25, 0.3) is 15.9 Å². The zero-order valence-corrected chi connectivity index (χ0v) is 17.9. The predicted molar refractivity (Wildman–Crippen MR) is 117 cm³/mol. The molecule has 0 aromatic heterocycles. The van der Waals surface area contributed by atoms with Crippen LogP contribution in [0.5, 0.6) is 0 Å². The molecule has 3 rings (SSSR count). The Kier molecular flexibility index (Phi) is 5.96. The number of halogens is 1. The Morgan fingerprint density at radius 1 is 0.966 bits per heavy atom. The largest absolute Gasteiger partial charge is 0.322 e. The summed E-state index contributed by atoms with van der Waals surface area (Å²) in [5.41, 5.74) is 3.40. The second-order valence-corrected chi connectivity index (χ2v) is 9.16. The summed E-state index contributed by atoms with van der Waals surface area (Å²) in [4.78, 5) is 12.7. The van der Waals surface area contributed by atoms with Gasteiger partial charge in [0.2, 0.25) is 0 Å². The van der Waals surface area contributed by atoms with Crippen molar-refractivity contribution in [1.29, 1.82) is 0 Å². The number of sulfonamides is 1. The van der Waals surface area contributed by atoms with E-state index in [2.05, 4.69) is 5.32 Å². The van der Waals surface area contributed by atoms with E-state index in [0.717, 1.165) is 15.4 Å². The van der Waals surface area contributed by atoms with E-state index >= 15 is 0 Å². The van der Waals surface area contributed by atoms with Gasteiger partial charge in [-0.3, -0.25) is 9.10 Å². The third-order valence-corrected chi connectivity index (χ3v) is 6.57. The fourth-order valence-corrected chi connectivity index (χ4v) is 4.33. The van der Waals surface area contributed by atoms with Gasteiger partial charge in [-0.05, 0) is 61.9 Å². The van der Waals surface area contributed by atoms with Crippen molar-refractivity contribution in [3.05, 3.63) is 88.4 Å². The van der Waals surface area contributed by atoms with Crippen LogP contribution in [-0.4, -0.2) is 21.4 Å². The lowest BCUT2D eigenvalue weighted by Gasteiger charge is -2.20. The highest BCUT2D eigenvalue weighted by molar-refractivity contribution is 7.92. The van der Waals surface area contributed by atoms with Gasteiger partial charge in [-0.1, -0.05) is 41.4 Å². The standard InChI is InChI=1S/C22H21ClN2O3S/c1-15-10-11-21(16(2)12-15)24-22(26)17-6-4-9-20(13-17)29(27,28)25(3)19-8-5-7-18(23)14-19/h4-14H,1-3H3,(H,24,26). The molecule has 0 saturated carbocycles. The molecule has 0 saturated heterocycles. The first-order valence-electron chi connectivity index (χ1n) is 8.91. The van der Waals surface area contributed by atoms with Crippen molar-refractivity contribution in [1.82, 2.24) is 0 Å². The van der Waals surface area contributed by atoms with Crippen molar-refractivity contribution in [2.45, 2.75) is 18.7 Å². The smallest absolute Gasteiger partial charge is 0.264 e. The van der Waals surface area contributed by atoms with E-state index in [1.807, 2.05) is 32.0 Å². The molecule has 3 aromatic rings. The Bertz CT molecular complexity index is 1180. The number of anilines is 2. The number of aryl methyl sites for hydroxylation is 2. The van der Waals surface area contributed by atoms with Crippen LogP contribution in [0.3, 0.4) is 0 Å². The van der Waals surface area contributed by atoms with Gasteiger partial charge in [-0.25, -0.2) is 8.42 Å². The summed E-state index contributed by atoms with van der Waals surface area (Å²) < 4.78 is 27.2. The van der Waals surface area contributed by atoms with Crippen LogP contribution in [-0.2, 0) is 10.0 Å². The zero-order chi connectivity index (χ0) is 21.2. The van der Waals surface area contributed by atoms with E-state index in [4.69, 9.17) is 11.6 Å². The molecular formula is C22H21ClN2O3S. The van der Waals surface area contributed by atoms with Gasteiger partial charge in [-0.2, -0.15) is 0 Å². The fourth-order valence-electron chi connectivity index (χ4n) is 2.91. The second-order valence-electron chi connectivity index (χ2n) is 6.75. The maximum atomic E-state index is 13.0. The van der Waals surface area contributed by atoms with Crippen LogP contribution in [0, 0.1) is 13.8 Å². The first kappa shape index (κ1) is 20.9. The summed E-state index contributed by atoms with van der Waals surface area (Å²) >= 11 is 5.98. The Hall–Kier alpha value is -2.83. The molecule has 0 aliphatic rings. The van der Waals surface area contributed by atoms with Crippen molar-refractivity contribution >= 4 is 38.9 Å². The van der Waals surface area contributed by atoms with Gasteiger partial charge < -0.3 is 5.32 Å². The minimum Gasteiger partial charge on any atom is -0.322 e. The van der Waals surface area contributed by atoms with Crippen molar-refractivity contribution in [3.8, 4) is 0 Å². The molecule has 0 heterocycles. The SMILES string of the molecule is Cc1ccc(NC(=O)c2cccc(S(=O)(=O)N(C)c3cccc(Cl)c3)c2)c(C)c1. The molecule has 0 aliphatic carbocycles. The molecule has 0 radical (unpaired) electrons.